The van der Waals surface area contributed by atoms with Gasteiger partial charge in [-0.15, -0.1) is 0 Å². The maximum atomic E-state index is 4.43. The van der Waals surface area contributed by atoms with E-state index in [1.54, 1.807) is 0 Å². The van der Waals surface area contributed by atoms with Gasteiger partial charge in [0.25, 0.3) is 0 Å². The molecule has 0 aliphatic heterocycles. The lowest BCUT2D eigenvalue weighted by Gasteiger charge is -2.27. The van der Waals surface area contributed by atoms with Crippen molar-refractivity contribution in [3.63, 3.8) is 0 Å². The van der Waals surface area contributed by atoms with Crippen molar-refractivity contribution in [1.29, 1.82) is 0 Å². The van der Waals surface area contributed by atoms with Crippen LogP contribution in [-0.2, 0) is 0 Å². The molecule has 1 aromatic heterocycles. The second kappa shape index (κ2) is 6.71. The predicted octanol–water partition coefficient (Wildman–Crippen LogP) is 3.80. The Labute approximate surface area is 122 Å². The van der Waals surface area contributed by atoms with E-state index < -0.39 is 0 Å². The molecule has 0 bridgehead atoms. The first-order valence-electron chi connectivity index (χ1n) is 7.43. The van der Waals surface area contributed by atoms with Gasteiger partial charge in [-0.2, -0.15) is 0 Å². The van der Waals surface area contributed by atoms with Crippen LogP contribution in [0.4, 0.5) is 0 Å². The summed E-state index contributed by atoms with van der Waals surface area (Å²) in [5.74, 6) is 0. The molecule has 0 fully saturated rings. The van der Waals surface area contributed by atoms with Crippen LogP contribution in [-0.4, -0.2) is 16.1 Å². The van der Waals surface area contributed by atoms with Gasteiger partial charge < -0.3 is 9.88 Å². The van der Waals surface area contributed by atoms with Crippen molar-refractivity contribution < 1.29 is 0 Å². The number of hydrogen-bond acceptors (Lipinski definition) is 2. The summed E-state index contributed by atoms with van der Waals surface area (Å²) < 4.78 is 2.27. The van der Waals surface area contributed by atoms with E-state index in [9.17, 15) is 0 Å². The zero-order chi connectivity index (χ0) is 14.5. The molecular formula is C17H25N3. The van der Waals surface area contributed by atoms with Gasteiger partial charge in [-0.05, 0) is 39.3 Å². The third-order valence-corrected chi connectivity index (χ3v) is 3.98. The summed E-state index contributed by atoms with van der Waals surface area (Å²) >= 11 is 0. The summed E-state index contributed by atoms with van der Waals surface area (Å²) in [4.78, 5) is 4.43. The highest BCUT2D eigenvalue weighted by Gasteiger charge is 2.21. The highest BCUT2D eigenvalue weighted by atomic mass is 15.1. The second-order valence-electron chi connectivity index (χ2n) is 5.41. The van der Waals surface area contributed by atoms with Crippen molar-refractivity contribution >= 4 is 0 Å². The lowest BCUT2D eigenvalue weighted by molar-refractivity contribution is 0.374. The molecule has 2 rings (SSSR count). The highest BCUT2D eigenvalue weighted by molar-refractivity contribution is 5.21. The number of aryl methyl sites for hydroxylation is 1. The normalized spacial score (nSPS) is 14.2. The van der Waals surface area contributed by atoms with E-state index in [-0.39, 0.29) is 0 Å². The van der Waals surface area contributed by atoms with E-state index in [0.29, 0.717) is 12.1 Å². The first-order chi connectivity index (χ1) is 9.65. The summed E-state index contributed by atoms with van der Waals surface area (Å²) in [7, 11) is 0. The molecule has 0 saturated carbocycles. The second-order valence-corrected chi connectivity index (χ2v) is 5.41. The third-order valence-electron chi connectivity index (χ3n) is 3.98. The molecule has 0 saturated heterocycles. The van der Waals surface area contributed by atoms with Gasteiger partial charge in [0.1, 0.15) is 0 Å². The molecular weight excluding hydrogens is 246 g/mol. The molecule has 1 aromatic carbocycles. The lowest BCUT2D eigenvalue weighted by Crippen LogP contribution is -2.29. The molecule has 3 nitrogen and oxygen atoms in total. The van der Waals surface area contributed by atoms with E-state index in [2.05, 4.69) is 72.9 Å². The number of hydrogen-bond donors (Lipinski definition) is 1. The van der Waals surface area contributed by atoms with Crippen LogP contribution in [0.1, 0.15) is 49.3 Å². The molecule has 0 amide bonds. The van der Waals surface area contributed by atoms with Crippen molar-refractivity contribution in [2.75, 3.05) is 6.54 Å². The van der Waals surface area contributed by atoms with Crippen LogP contribution in [0.5, 0.6) is 0 Å². The van der Waals surface area contributed by atoms with Gasteiger partial charge in [-0.25, -0.2) is 4.98 Å². The van der Waals surface area contributed by atoms with E-state index in [0.717, 1.165) is 18.7 Å². The molecule has 0 aliphatic carbocycles. The van der Waals surface area contributed by atoms with Gasteiger partial charge in [-0.1, -0.05) is 37.3 Å². The molecule has 2 aromatic rings. The number of aromatic nitrogens is 2. The van der Waals surface area contributed by atoms with Crippen LogP contribution in [0.25, 0.3) is 0 Å². The highest BCUT2D eigenvalue weighted by Crippen LogP contribution is 2.27. The molecule has 20 heavy (non-hydrogen) atoms. The quantitative estimate of drug-likeness (QED) is 0.866. The first kappa shape index (κ1) is 14.8. The fraction of sp³-hybridized carbons (Fsp3) is 0.471. The van der Waals surface area contributed by atoms with Gasteiger partial charge in [-0.3, -0.25) is 0 Å². The number of benzene rings is 1. The van der Waals surface area contributed by atoms with Crippen LogP contribution < -0.4 is 5.32 Å². The van der Waals surface area contributed by atoms with Gasteiger partial charge in [0.15, 0.2) is 0 Å². The number of imidazole rings is 1. The van der Waals surface area contributed by atoms with Crippen LogP contribution in [0.2, 0.25) is 0 Å². The van der Waals surface area contributed by atoms with Crippen molar-refractivity contribution in [3.8, 4) is 0 Å². The Kier molecular flexibility index (Phi) is 4.96. The van der Waals surface area contributed by atoms with Crippen LogP contribution in [0.3, 0.4) is 0 Å². The fourth-order valence-electron chi connectivity index (χ4n) is 2.61. The van der Waals surface area contributed by atoms with E-state index >= 15 is 0 Å². The van der Waals surface area contributed by atoms with Crippen LogP contribution in [0.15, 0.2) is 36.7 Å². The van der Waals surface area contributed by atoms with Crippen molar-refractivity contribution in [3.05, 3.63) is 53.6 Å². The molecule has 0 radical (unpaired) electrons. The molecule has 0 spiro atoms. The monoisotopic (exact) mass is 271 g/mol. The van der Waals surface area contributed by atoms with Crippen molar-refractivity contribution in [2.45, 2.75) is 46.2 Å². The minimum absolute atomic E-state index is 0.309. The summed E-state index contributed by atoms with van der Waals surface area (Å²) in [6.07, 6.45) is 3.09. The zero-order valence-electron chi connectivity index (χ0n) is 12.9. The van der Waals surface area contributed by atoms with E-state index in [1.165, 1.54) is 11.3 Å². The SMILES string of the molecule is CCCNC(c1ccccc1)C(C)n1cnc(C)c1C. The Bertz CT molecular complexity index is 530. The average molecular weight is 271 g/mol. The van der Waals surface area contributed by atoms with Crippen molar-refractivity contribution in [2.24, 2.45) is 0 Å². The largest absolute Gasteiger partial charge is 0.330 e. The lowest BCUT2D eigenvalue weighted by atomic mass is 10.00. The van der Waals surface area contributed by atoms with Gasteiger partial charge in [0, 0.05) is 5.69 Å². The topological polar surface area (TPSA) is 29.9 Å². The smallest absolute Gasteiger partial charge is 0.0954 e. The molecule has 108 valence electrons. The maximum absolute atomic E-state index is 4.43. The molecule has 0 aliphatic rings. The summed E-state index contributed by atoms with van der Waals surface area (Å²) in [5.41, 5.74) is 3.69. The summed E-state index contributed by atoms with van der Waals surface area (Å²) in [6.45, 7) is 9.69. The minimum Gasteiger partial charge on any atom is -0.330 e. The minimum atomic E-state index is 0.309. The Hall–Kier alpha value is -1.61. The Morgan fingerprint density at radius 2 is 1.90 bits per heavy atom. The molecule has 2 unspecified atom stereocenters. The maximum Gasteiger partial charge on any atom is 0.0954 e. The zero-order valence-corrected chi connectivity index (χ0v) is 12.9. The van der Waals surface area contributed by atoms with E-state index in [4.69, 9.17) is 0 Å². The molecule has 3 heteroatoms. The van der Waals surface area contributed by atoms with Gasteiger partial charge >= 0.3 is 0 Å². The standard InChI is InChI=1S/C17H25N3/c1-5-11-18-17(16-9-7-6-8-10-16)15(4)20-12-19-13(2)14(20)3/h6-10,12,15,17-18H,5,11H2,1-4H3. The van der Waals surface area contributed by atoms with Crippen LogP contribution in [0, 0.1) is 13.8 Å². The first-order valence-corrected chi connectivity index (χ1v) is 7.43. The number of rotatable bonds is 6. The summed E-state index contributed by atoms with van der Waals surface area (Å²) in [6, 6.07) is 11.3. The average Bonchev–Trinajstić information content (AvgIpc) is 2.80. The Balaban J connectivity index is 2.29. The van der Waals surface area contributed by atoms with Crippen LogP contribution >= 0.6 is 0 Å². The number of nitrogens with one attached hydrogen (secondary N) is 1. The fourth-order valence-corrected chi connectivity index (χ4v) is 2.61. The van der Waals surface area contributed by atoms with E-state index in [1.807, 2.05) is 6.33 Å². The number of nitrogens with zero attached hydrogens (tertiary/aromatic N) is 2. The Morgan fingerprint density at radius 1 is 1.20 bits per heavy atom. The van der Waals surface area contributed by atoms with Gasteiger partial charge in [0.05, 0.1) is 24.1 Å². The predicted molar refractivity (Wildman–Crippen MR) is 83.9 cm³/mol. The van der Waals surface area contributed by atoms with Crippen molar-refractivity contribution in [1.82, 2.24) is 14.9 Å². The third kappa shape index (κ3) is 3.10. The molecule has 2 atom stereocenters. The molecule has 1 N–H and O–H groups in total. The molecule has 1 heterocycles. The summed E-state index contributed by atoms with van der Waals surface area (Å²) in [5, 5.41) is 3.67. The van der Waals surface area contributed by atoms with Gasteiger partial charge in [0.2, 0.25) is 0 Å². The Morgan fingerprint density at radius 3 is 2.45 bits per heavy atom.